The van der Waals surface area contributed by atoms with Gasteiger partial charge in [-0.05, 0) is 68.7 Å². The zero-order valence-electron chi connectivity index (χ0n) is 14.9. The molecule has 4 rings (SSSR count). The molecule has 2 heterocycles. The van der Waals surface area contributed by atoms with Crippen LogP contribution in [0.3, 0.4) is 0 Å². The van der Waals surface area contributed by atoms with Crippen molar-refractivity contribution in [2.45, 2.75) is 51.4 Å². The monoisotopic (exact) mass is 335 g/mol. The van der Waals surface area contributed by atoms with Crippen LogP contribution in [-0.4, -0.2) is 33.9 Å². The summed E-state index contributed by atoms with van der Waals surface area (Å²) < 4.78 is 0. The van der Waals surface area contributed by atoms with Crippen molar-refractivity contribution in [3.05, 3.63) is 58.7 Å². The maximum atomic E-state index is 13.0. The molecule has 2 aromatic rings. The highest BCUT2D eigenvalue weighted by molar-refractivity contribution is 5.94. The Morgan fingerprint density at radius 3 is 2.80 bits per heavy atom. The highest BCUT2D eigenvalue weighted by Crippen LogP contribution is 2.27. The standard InChI is InChI=1S/C21H25N3O/c1-15-12-22-13-20(23-15)19-7-4-10-24(14-19)21(25)18-9-8-16-5-2-3-6-17(16)11-18/h8-9,11-13,19H,2-7,10,14H2,1H3/t19-/m0/s1. The first-order valence-corrected chi connectivity index (χ1v) is 9.40. The fourth-order valence-corrected chi connectivity index (χ4v) is 4.13. The second-order valence-electron chi connectivity index (χ2n) is 7.37. The molecule has 4 nitrogen and oxygen atoms in total. The van der Waals surface area contributed by atoms with Crippen LogP contribution in [0.25, 0.3) is 0 Å². The molecule has 1 aromatic heterocycles. The Balaban J connectivity index is 1.52. The number of fused-ring (bicyclic) bond motifs is 1. The summed E-state index contributed by atoms with van der Waals surface area (Å²) in [5.74, 6) is 0.460. The van der Waals surface area contributed by atoms with Crippen LogP contribution in [0.1, 0.15) is 64.5 Å². The van der Waals surface area contributed by atoms with E-state index in [2.05, 4.69) is 22.1 Å². The van der Waals surface area contributed by atoms with E-state index in [0.717, 1.165) is 55.7 Å². The van der Waals surface area contributed by atoms with Crippen molar-refractivity contribution in [2.24, 2.45) is 0 Å². The Kier molecular flexibility index (Phi) is 4.51. The number of aryl methyl sites for hydroxylation is 3. The molecule has 0 spiro atoms. The van der Waals surface area contributed by atoms with Gasteiger partial charge in [-0.2, -0.15) is 0 Å². The molecule has 0 bridgehead atoms. The minimum Gasteiger partial charge on any atom is -0.338 e. The molecule has 1 aromatic carbocycles. The number of carbonyl (C=O) groups is 1. The van der Waals surface area contributed by atoms with Crippen LogP contribution in [0.4, 0.5) is 0 Å². The number of hydrogen-bond donors (Lipinski definition) is 0. The van der Waals surface area contributed by atoms with Crippen molar-refractivity contribution < 1.29 is 4.79 Å². The van der Waals surface area contributed by atoms with Crippen molar-refractivity contribution >= 4 is 5.91 Å². The van der Waals surface area contributed by atoms with Crippen LogP contribution >= 0.6 is 0 Å². The predicted octanol–water partition coefficient (Wildman–Crippen LogP) is 3.68. The van der Waals surface area contributed by atoms with Crippen LogP contribution in [0.2, 0.25) is 0 Å². The molecule has 4 heteroatoms. The molecule has 1 aliphatic heterocycles. The minimum absolute atomic E-state index is 0.165. The Bertz CT molecular complexity index is 786. The summed E-state index contributed by atoms with van der Waals surface area (Å²) in [4.78, 5) is 23.9. The maximum Gasteiger partial charge on any atom is 0.253 e. The summed E-state index contributed by atoms with van der Waals surface area (Å²) in [5.41, 5.74) is 5.60. The average molecular weight is 335 g/mol. The van der Waals surface area contributed by atoms with Crippen LogP contribution in [0.5, 0.6) is 0 Å². The molecule has 1 amide bonds. The van der Waals surface area contributed by atoms with Gasteiger partial charge in [0.25, 0.3) is 5.91 Å². The molecule has 2 aliphatic rings. The van der Waals surface area contributed by atoms with Crippen molar-refractivity contribution in [1.82, 2.24) is 14.9 Å². The minimum atomic E-state index is 0.165. The molecular weight excluding hydrogens is 310 g/mol. The van der Waals surface area contributed by atoms with Gasteiger partial charge in [-0.1, -0.05) is 6.07 Å². The van der Waals surface area contributed by atoms with Crippen LogP contribution < -0.4 is 0 Å². The van der Waals surface area contributed by atoms with Crippen LogP contribution in [0.15, 0.2) is 30.6 Å². The summed E-state index contributed by atoms with van der Waals surface area (Å²) in [6.45, 7) is 3.55. The molecular formula is C21H25N3O. The lowest BCUT2D eigenvalue weighted by Crippen LogP contribution is -2.39. The fourth-order valence-electron chi connectivity index (χ4n) is 4.13. The number of carbonyl (C=O) groups excluding carboxylic acids is 1. The summed E-state index contributed by atoms with van der Waals surface area (Å²) in [6.07, 6.45) is 10.5. The van der Waals surface area contributed by atoms with E-state index in [1.165, 1.54) is 24.0 Å². The normalized spacial score (nSPS) is 20.2. The number of piperidine rings is 1. The highest BCUT2D eigenvalue weighted by Gasteiger charge is 2.27. The largest absolute Gasteiger partial charge is 0.338 e. The van der Waals surface area contributed by atoms with E-state index in [0.29, 0.717) is 5.92 Å². The number of benzene rings is 1. The quantitative estimate of drug-likeness (QED) is 0.841. The van der Waals surface area contributed by atoms with Gasteiger partial charge in [-0.15, -0.1) is 0 Å². The smallest absolute Gasteiger partial charge is 0.253 e. The number of likely N-dealkylation sites (tertiary alicyclic amines) is 1. The van der Waals surface area contributed by atoms with E-state index >= 15 is 0 Å². The van der Waals surface area contributed by atoms with Crippen molar-refractivity contribution in [1.29, 1.82) is 0 Å². The number of nitrogens with zero attached hydrogens (tertiary/aromatic N) is 3. The first-order chi connectivity index (χ1) is 12.2. The van der Waals surface area contributed by atoms with Crippen LogP contribution in [0, 0.1) is 6.92 Å². The lowest BCUT2D eigenvalue weighted by molar-refractivity contribution is 0.0705. The molecule has 0 radical (unpaired) electrons. The van der Waals surface area contributed by atoms with Crippen molar-refractivity contribution in [2.75, 3.05) is 13.1 Å². The molecule has 1 atom stereocenters. The number of amides is 1. The van der Waals surface area contributed by atoms with Crippen LogP contribution in [-0.2, 0) is 12.8 Å². The summed E-state index contributed by atoms with van der Waals surface area (Å²) >= 11 is 0. The van der Waals surface area contributed by atoms with Gasteiger partial charge in [-0.25, -0.2) is 0 Å². The van der Waals surface area contributed by atoms with Gasteiger partial charge in [-0.3, -0.25) is 14.8 Å². The Labute approximate surface area is 149 Å². The van der Waals surface area contributed by atoms with Gasteiger partial charge < -0.3 is 4.90 Å². The lowest BCUT2D eigenvalue weighted by Gasteiger charge is -2.32. The van der Waals surface area contributed by atoms with E-state index in [1.54, 1.807) is 6.20 Å². The molecule has 1 saturated heterocycles. The zero-order valence-corrected chi connectivity index (χ0v) is 14.9. The summed E-state index contributed by atoms with van der Waals surface area (Å²) in [7, 11) is 0. The molecule has 25 heavy (non-hydrogen) atoms. The predicted molar refractivity (Wildman–Crippen MR) is 97.7 cm³/mol. The molecule has 0 saturated carbocycles. The second-order valence-corrected chi connectivity index (χ2v) is 7.37. The molecule has 0 N–H and O–H groups in total. The number of aromatic nitrogens is 2. The first-order valence-electron chi connectivity index (χ1n) is 9.40. The van der Waals surface area contributed by atoms with Gasteiger partial charge in [0.05, 0.1) is 11.4 Å². The lowest BCUT2D eigenvalue weighted by atomic mass is 9.89. The topological polar surface area (TPSA) is 46.1 Å². The van der Waals surface area contributed by atoms with Crippen molar-refractivity contribution in [3.63, 3.8) is 0 Å². The first kappa shape index (κ1) is 16.2. The van der Waals surface area contributed by atoms with E-state index < -0.39 is 0 Å². The maximum absolute atomic E-state index is 13.0. The Hall–Kier alpha value is -2.23. The average Bonchev–Trinajstić information content (AvgIpc) is 2.67. The molecule has 1 aliphatic carbocycles. The third kappa shape index (κ3) is 3.44. The van der Waals surface area contributed by atoms with E-state index in [4.69, 9.17) is 0 Å². The van der Waals surface area contributed by atoms with E-state index in [9.17, 15) is 4.79 Å². The fraction of sp³-hybridized carbons (Fsp3) is 0.476. The Morgan fingerprint density at radius 2 is 1.96 bits per heavy atom. The SMILES string of the molecule is Cc1cncc([C@H]2CCCN(C(=O)c3ccc4c(c3)CCCC4)C2)n1. The summed E-state index contributed by atoms with van der Waals surface area (Å²) in [6, 6.07) is 6.31. The highest BCUT2D eigenvalue weighted by atomic mass is 16.2. The molecule has 130 valence electrons. The van der Waals surface area contributed by atoms with E-state index in [-0.39, 0.29) is 5.91 Å². The third-order valence-electron chi connectivity index (χ3n) is 5.50. The van der Waals surface area contributed by atoms with Gasteiger partial charge in [0, 0.05) is 37.0 Å². The van der Waals surface area contributed by atoms with Gasteiger partial charge in [0.2, 0.25) is 0 Å². The van der Waals surface area contributed by atoms with Gasteiger partial charge >= 0.3 is 0 Å². The molecule has 1 fully saturated rings. The Morgan fingerprint density at radius 1 is 1.12 bits per heavy atom. The number of hydrogen-bond acceptors (Lipinski definition) is 3. The van der Waals surface area contributed by atoms with Gasteiger partial charge in [0.15, 0.2) is 0 Å². The van der Waals surface area contributed by atoms with E-state index in [1.807, 2.05) is 24.1 Å². The summed E-state index contributed by atoms with van der Waals surface area (Å²) in [5, 5.41) is 0. The van der Waals surface area contributed by atoms with Gasteiger partial charge in [0.1, 0.15) is 0 Å². The third-order valence-corrected chi connectivity index (χ3v) is 5.50. The van der Waals surface area contributed by atoms with Crippen molar-refractivity contribution in [3.8, 4) is 0 Å². The number of rotatable bonds is 2. The molecule has 0 unspecified atom stereocenters. The zero-order chi connectivity index (χ0) is 17.2. The second kappa shape index (κ2) is 6.95.